The first kappa shape index (κ1) is 29.6. The molecule has 1 spiro atoms. The minimum atomic E-state index is -2.02. The molecule has 1 amide bonds. The number of nitrogens with zero attached hydrogens (tertiary/aromatic N) is 2. The van der Waals surface area contributed by atoms with Gasteiger partial charge in [-0.25, -0.2) is 0 Å². The Kier molecular flexibility index (Phi) is 8.55. The average molecular weight is 571 g/mol. The Morgan fingerprint density at radius 2 is 1.79 bits per heavy atom. The van der Waals surface area contributed by atoms with E-state index in [0.29, 0.717) is 24.6 Å². The second-order valence-corrected chi connectivity index (χ2v) is 17.7. The first-order chi connectivity index (χ1) is 18.3. The maximum Gasteiger partial charge on any atom is 0.310 e. The van der Waals surface area contributed by atoms with Gasteiger partial charge < -0.3 is 19.0 Å². The predicted molar refractivity (Wildman–Crippen MR) is 160 cm³/mol. The van der Waals surface area contributed by atoms with Gasteiger partial charge in [0.15, 0.2) is 0 Å². The lowest BCUT2D eigenvalue weighted by molar-refractivity contribution is -0.149. The number of benzene rings is 2. The number of ether oxygens (including phenoxy) is 1. The third-order valence-electron chi connectivity index (χ3n) is 8.97. The predicted octanol–water partition coefficient (Wildman–Crippen LogP) is 6.46. The molecule has 0 aromatic heterocycles. The number of rotatable bonds is 8. The van der Waals surface area contributed by atoms with Gasteiger partial charge in [0.2, 0.25) is 14.2 Å². The second kappa shape index (κ2) is 11.3. The van der Waals surface area contributed by atoms with Crippen LogP contribution in [0.4, 0.5) is 5.69 Å². The first-order valence-electron chi connectivity index (χ1n) is 14.0. The maximum absolute atomic E-state index is 13.3. The number of carbonyl (C=O) groups is 2. The van der Waals surface area contributed by atoms with Crippen molar-refractivity contribution in [3.63, 3.8) is 0 Å². The number of piperidine rings is 1. The van der Waals surface area contributed by atoms with Gasteiger partial charge in [0.25, 0.3) is 0 Å². The molecule has 2 heterocycles. The molecule has 0 radical (unpaired) electrons. The quantitative estimate of drug-likeness (QED) is 0.269. The molecule has 0 bridgehead atoms. The van der Waals surface area contributed by atoms with Gasteiger partial charge in [-0.1, -0.05) is 50.6 Å². The summed E-state index contributed by atoms with van der Waals surface area (Å²) in [7, 11) is -0.154. The molecule has 6 nitrogen and oxygen atoms in total. The van der Waals surface area contributed by atoms with Crippen LogP contribution in [0.15, 0.2) is 42.5 Å². The van der Waals surface area contributed by atoms with Crippen molar-refractivity contribution in [2.24, 2.45) is 5.92 Å². The van der Waals surface area contributed by atoms with Crippen molar-refractivity contribution in [2.75, 3.05) is 38.2 Å². The topological polar surface area (TPSA) is 59.1 Å². The highest BCUT2D eigenvalue weighted by atomic mass is 35.5. The van der Waals surface area contributed by atoms with Crippen LogP contribution in [-0.2, 0) is 26.2 Å². The fourth-order valence-corrected chi connectivity index (χ4v) is 6.81. The molecule has 212 valence electrons. The van der Waals surface area contributed by atoms with Gasteiger partial charge in [-0.15, -0.1) is 0 Å². The number of anilines is 1. The smallest absolute Gasteiger partial charge is 0.310 e. The van der Waals surface area contributed by atoms with Crippen molar-refractivity contribution in [3.05, 3.63) is 58.6 Å². The van der Waals surface area contributed by atoms with Gasteiger partial charge in [-0.05, 0) is 92.8 Å². The van der Waals surface area contributed by atoms with Crippen LogP contribution in [0.5, 0.6) is 5.75 Å². The first-order valence-corrected chi connectivity index (χ1v) is 17.3. The van der Waals surface area contributed by atoms with Gasteiger partial charge in [0.1, 0.15) is 5.75 Å². The van der Waals surface area contributed by atoms with Crippen molar-refractivity contribution in [1.82, 2.24) is 4.90 Å². The zero-order chi connectivity index (χ0) is 28.6. The third-order valence-corrected chi connectivity index (χ3v) is 13.7. The molecule has 2 aromatic carbocycles. The van der Waals surface area contributed by atoms with E-state index in [1.165, 1.54) is 0 Å². The summed E-state index contributed by atoms with van der Waals surface area (Å²) in [6, 6.07) is 13.9. The molecule has 2 aromatic rings. The number of fused-ring (bicyclic) bond motifs is 2. The van der Waals surface area contributed by atoms with Crippen LogP contribution in [0.25, 0.3) is 0 Å². The number of hydrogen-bond acceptors (Lipinski definition) is 5. The summed E-state index contributed by atoms with van der Waals surface area (Å²) in [6.45, 7) is 15.3. The van der Waals surface area contributed by atoms with Crippen LogP contribution >= 0.6 is 11.6 Å². The zero-order valence-corrected chi connectivity index (χ0v) is 26.2. The van der Waals surface area contributed by atoms with Gasteiger partial charge in [0, 0.05) is 24.3 Å². The van der Waals surface area contributed by atoms with Gasteiger partial charge >= 0.3 is 5.97 Å². The van der Waals surface area contributed by atoms with Crippen molar-refractivity contribution >= 4 is 37.5 Å². The Hall–Kier alpha value is -2.35. The van der Waals surface area contributed by atoms with E-state index in [1.54, 1.807) is 4.90 Å². The minimum absolute atomic E-state index is 0.0713. The number of carbonyl (C=O) groups excluding carboxylic acids is 2. The molecule has 8 heteroatoms. The average Bonchev–Trinajstić information content (AvgIpc) is 3.08. The van der Waals surface area contributed by atoms with E-state index in [2.05, 4.69) is 44.8 Å². The summed E-state index contributed by atoms with van der Waals surface area (Å²) in [4.78, 5) is 30.5. The molecule has 0 N–H and O–H groups in total. The molecule has 0 aliphatic carbocycles. The van der Waals surface area contributed by atoms with E-state index >= 15 is 0 Å². The lowest BCUT2D eigenvalue weighted by Gasteiger charge is -2.39. The molecule has 1 unspecified atom stereocenters. The van der Waals surface area contributed by atoms with Gasteiger partial charge in [-0.3, -0.25) is 9.59 Å². The van der Waals surface area contributed by atoms with Crippen LogP contribution in [-0.4, -0.2) is 58.4 Å². The van der Waals surface area contributed by atoms with Gasteiger partial charge in [0.05, 0.1) is 17.9 Å². The molecule has 4 rings (SSSR count). The van der Waals surface area contributed by atoms with Crippen molar-refractivity contribution in [2.45, 2.75) is 70.5 Å². The van der Waals surface area contributed by atoms with Crippen LogP contribution < -0.4 is 9.33 Å². The molecule has 1 fully saturated rings. The normalized spacial score (nSPS) is 18.3. The monoisotopic (exact) mass is 570 g/mol. The van der Waals surface area contributed by atoms with E-state index in [1.807, 2.05) is 50.4 Å². The number of likely N-dealkylation sites (N-methyl/N-ethyl adjacent to an activating group) is 1. The van der Waals surface area contributed by atoms with Gasteiger partial charge in [-0.2, -0.15) is 0 Å². The molecule has 0 saturated carbocycles. The van der Waals surface area contributed by atoms with Crippen LogP contribution in [0, 0.1) is 5.92 Å². The standard InChI is InChI=1S/C31H43ClN2O4Si/c1-8-37-28(35)23(19-22-20-24(13-14-26(22)32)38-39(6,7)30(2,3)4)21-34-17-15-31(16-18-34)25-11-9-10-12-27(25)33(5)29(31)36/h9-14,20,23H,8,15-19,21H2,1-7H3. The fourth-order valence-electron chi connectivity index (χ4n) is 5.60. The Morgan fingerprint density at radius 1 is 1.13 bits per heavy atom. The molecule has 2 aliphatic heterocycles. The number of amides is 1. The molecular weight excluding hydrogens is 528 g/mol. The second-order valence-electron chi connectivity index (χ2n) is 12.5. The van der Waals surface area contributed by atoms with E-state index in [-0.39, 0.29) is 22.8 Å². The highest BCUT2D eigenvalue weighted by Gasteiger charge is 2.51. The van der Waals surface area contributed by atoms with Crippen LogP contribution in [0.2, 0.25) is 23.2 Å². The van der Waals surface area contributed by atoms with E-state index in [9.17, 15) is 9.59 Å². The number of para-hydroxylation sites is 1. The number of halogens is 1. The van der Waals surface area contributed by atoms with E-state index in [4.69, 9.17) is 20.8 Å². The van der Waals surface area contributed by atoms with Crippen molar-refractivity contribution in [1.29, 1.82) is 0 Å². The highest BCUT2D eigenvalue weighted by Crippen LogP contribution is 2.47. The molecular formula is C31H43ClN2O4Si. The zero-order valence-electron chi connectivity index (χ0n) is 24.5. The fraction of sp³-hybridized carbons (Fsp3) is 0.548. The lowest BCUT2D eigenvalue weighted by Crippen LogP contribution is -2.49. The number of hydrogen-bond donors (Lipinski definition) is 0. The Bertz CT molecular complexity index is 1220. The maximum atomic E-state index is 13.3. The third kappa shape index (κ3) is 5.91. The summed E-state index contributed by atoms with van der Waals surface area (Å²) < 4.78 is 12.0. The Balaban J connectivity index is 1.49. The molecule has 39 heavy (non-hydrogen) atoms. The molecule has 1 atom stereocenters. The van der Waals surface area contributed by atoms with Crippen LogP contribution in [0.1, 0.15) is 51.7 Å². The number of likely N-dealkylation sites (tertiary alicyclic amines) is 1. The van der Waals surface area contributed by atoms with Crippen molar-refractivity contribution in [3.8, 4) is 5.75 Å². The number of esters is 1. The highest BCUT2D eigenvalue weighted by molar-refractivity contribution is 6.74. The van der Waals surface area contributed by atoms with E-state index in [0.717, 1.165) is 48.5 Å². The summed E-state index contributed by atoms with van der Waals surface area (Å²) in [6.07, 6.45) is 1.94. The summed E-state index contributed by atoms with van der Waals surface area (Å²) >= 11 is 6.63. The lowest BCUT2D eigenvalue weighted by atomic mass is 9.73. The minimum Gasteiger partial charge on any atom is -0.543 e. The summed E-state index contributed by atoms with van der Waals surface area (Å²) in [5.41, 5.74) is 2.56. The summed E-state index contributed by atoms with van der Waals surface area (Å²) in [5, 5.41) is 0.697. The molecule has 2 aliphatic rings. The summed E-state index contributed by atoms with van der Waals surface area (Å²) in [5.74, 6) is 0.391. The van der Waals surface area contributed by atoms with Crippen LogP contribution in [0.3, 0.4) is 0 Å². The largest absolute Gasteiger partial charge is 0.543 e. The SMILES string of the molecule is CCOC(=O)C(Cc1cc(O[Si](C)(C)C(C)(C)C)ccc1Cl)CN1CCC2(CC1)C(=O)N(C)c1ccccc12. The Labute approximate surface area is 239 Å². The van der Waals surface area contributed by atoms with E-state index < -0.39 is 13.7 Å². The van der Waals surface area contributed by atoms with Crippen molar-refractivity contribution < 1.29 is 18.8 Å². The Morgan fingerprint density at radius 3 is 2.44 bits per heavy atom. The molecule has 1 saturated heterocycles.